The van der Waals surface area contributed by atoms with Gasteiger partial charge in [-0.25, -0.2) is 13.2 Å². The first-order valence-corrected chi connectivity index (χ1v) is 8.41. The maximum atomic E-state index is 12.9. The van der Waals surface area contributed by atoms with Gasteiger partial charge in [0.2, 0.25) is 15.9 Å². The van der Waals surface area contributed by atoms with Crippen molar-refractivity contribution in [2.75, 3.05) is 20.7 Å². The van der Waals surface area contributed by atoms with Gasteiger partial charge < -0.3 is 15.2 Å². The van der Waals surface area contributed by atoms with Gasteiger partial charge >= 0.3 is 5.97 Å². The zero-order valence-corrected chi connectivity index (χ0v) is 13.6. The molecule has 1 unspecified atom stereocenters. The Morgan fingerprint density at radius 3 is 2.65 bits per heavy atom. The number of sulfonamides is 1. The van der Waals surface area contributed by atoms with Gasteiger partial charge in [-0.3, -0.25) is 4.79 Å². The lowest BCUT2D eigenvalue weighted by atomic mass is 10.2. The largest absolute Gasteiger partial charge is 0.495 e. The first-order chi connectivity index (χ1) is 10.8. The molecular formula is C14H18N2O6S. The number of nitrogens with one attached hydrogen (secondary N) is 1. The summed E-state index contributed by atoms with van der Waals surface area (Å²) < 4.78 is 31.9. The molecule has 1 atom stereocenters. The fourth-order valence-electron chi connectivity index (χ4n) is 2.59. The number of likely N-dealkylation sites (N-methyl/N-ethyl adjacent to an activating group) is 1. The Bertz CT molecular complexity index is 731. The van der Waals surface area contributed by atoms with Crippen LogP contribution in [0.4, 0.5) is 0 Å². The minimum absolute atomic E-state index is 0.0394. The number of ether oxygens (including phenoxy) is 1. The molecular weight excluding hydrogens is 324 g/mol. The number of amides is 1. The van der Waals surface area contributed by atoms with Crippen LogP contribution in [0.15, 0.2) is 23.1 Å². The lowest BCUT2D eigenvalue weighted by molar-refractivity contribution is -0.123. The van der Waals surface area contributed by atoms with Gasteiger partial charge in [-0.1, -0.05) is 0 Å². The summed E-state index contributed by atoms with van der Waals surface area (Å²) >= 11 is 0. The molecule has 2 rings (SSSR count). The quantitative estimate of drug-likeness (QED) is 0.795. The molecule has 9 heteroatoms. The number of carboxylic acids is 1. The Balaban J connectivity index is 2.52. The Labute approximate surface area is 134 Å². The molecule has 0 aliphatic carbocycles. The molecule has 0 aromatic heterocycles. The van der Waals surface area contributed by atoms with Crippen molar-refractivity contribution in [1.82, 2.24) is 9.62 Å². The van der Waals surface area contributed by atoms with Crippen molar-refractivity contribution in [3.05, 3.63) is 23.8 Å². The predicted molar refractivity (Wildman–Crippen MR) is 80.9 cm³/mol. The number of aromatic carboxylic acids is 1. The molecule has 1 amide bonds. The molecule has 23 heavy (non-hydrogen) atoms. The molecule has 1 aromatic rings. The number of hydrogen-bond donors (Lipinski definition) is 2. The number of carbonyl (C=O) groups is 2. The monoisotopic (exact) mass is 342 g/mol. The highest BCUT2D eigenvalue weighted by atomic mass is 32.2. The third-order valence-corrected chi connectivity index (χ3v) is 5.68. The number of hydrogen-bond acceptors (Lipinski definition) is 5. The van der Waals surface area contributed by atoms with Gasteiger partial charge in [0.25, 0.3) is 0 Å². The van der Waals surface area contributed by atoms with Crippen molar-refractivity contribution < 1.29 is 27.9 Å². The highest BCUT2D eigenvalue weighted by molar-refractivity contribution is 7.89. The lowest BCUT2D eigenvalue weighted by Crippen LogP contribution is -2.44. The number of carboxylic acid groups (broad SMARTS) is 1. The van der Waals surface area contributed by atoms with Crippen LogP contribution in [0.3, 0.4) is 0 Å². The molecule has 1 heterocycles. The molecule has 0 bridgehead atoms. The summed E-state index contributed by atoms with van der Waals surface area (Å²) in [6, 6.07) is 2.81. The third kappa shape index (κ3) is 3.15. The van der Waals surface area contributed by atoms with Gasteiger partial charge in [-0.05, 0) is 31.0 Å². The van der Waals surface area contributed by atoms with E-state index in [-0.39, 0.29) is 28.7 Å². The number of methoxy groups -OCH3 is 1. The van der Waals surface area contributed by atoms with E-state index in [1.807, 2.05) is 0 Å². The van der Waals surface area contributed by atoms with E-state index in [0.29, 0.717) is 12.8 Å². The normalized spacial score (nSPS) is 18.6. The molecule has 1 aliphatic heterocycles. The lowest BCUT2D eigenvalue weighted by Gasteiger charge is -2.23. The summed E-state index contributed by atoms with van der Waals surface area (Å²) in [4.78, 5) is 22.7. The molecule has 126 valence electrons. The van der Waals surface area contributed by atoms with Gasteiger partial charge in [-0.2, -0.15) is 4.31 Å². The summed E-state index contributed by atoms with van der Waals surface area (Å²) in [6.07, 6.45) is 0.970. The highest BCUT2D eigenvalue weighted by Gasteiger charge is 2.40. The Morgan fingerprint density at radius 2 is 2.09 bits per heavy atom. The van der Waals surface area contributed by atoms with E-state index in [1.54, 1.807) is 0 Å². The van der Waals surface area contributed by atoms with Crippen molar-refractivity contribution >= 4 is 21.9 Å². The summed E-state index contributed by atoms with van der Waals surface area (Å²) in [7, 11) is -1.32. The predicted octanol–water partition coefficient (Wildman–Crippen LogP) is 0.293. The van der Waals surface area contributed by atoms with E-state index in [2.05, 4.69) is 5.32 Å². The number of rotatable bonds is 5. The van der Waals surface area contributed by atoms with Gasteiger partial charge in [-0.15, -0.1) is 0 Å². The zero-order chi connectivity index (χ0) is 17.2. The fraction of sp³-hybridized carbons (Fsp3) is 0.429. The summed E-state index contributed by atoms with van der Waals surface area (Å²) in [5.41, 5.74) is -0.167. The number of benzene rings is 1. The smallest absolute Gasteiger partial charge is 0.335 e. The van der Waals surface area contributed by atoms with Gasteiger partial charge in [0.1, 0.15) is 16.7 Å². The molecule has 1 aromatic carbocycles. The van der Waals surface area contributed by atoms with Crippen molar-refractivity contribution in [3.63, 3.8) is 0 Å². The number of carbonyl (C=O) groups excluding carboxylic acids is 1. The topological polar surface area (TPSA) is 113 Å². The van der Waals surface area contributed by atoms with Crippen LogP contribution in [0.1, 0.15) is 23.2 Å². The summed E-state index contributed by atoms with van der Waals surface area (Å²) in [6.45, 7) is 0.195. The van der Waals surface area contributed by atoms with E-state index in [0.717, 1.165) is 10.4 Å². The maximum Gasteiger partial charge on any atom is 0.335 e. The van der Waals surface area contributed by atoms with E-state index in [4.69, 9.17) is 9.84 Å². The van der Waals surface area contributed by atoms with Crippen molar-refractivity contribution in [2.24, 2.45) is 0 Å². The Kier molecular flexibility index (Phi) is 4.90. The third-order valence-electron chi connectivity index (χ3n) is 3.75. The Morgan fingerprint density at radius 1 is 1.39 bits per heavy atom. The highest BCUT2D eigenvalue weighted by Crippen LogP contribution is 2.32. The first kappa shape index (κ1) is 17.2. The summed E-state index contributed by atoms with van der Waals surface area (Å²) in [5, 5.41) is 11.5. The minimum Gasteiger partial charge on any atom is -0.495 e. The molecule has 0 radical (unpaired) electrons. The molecule has 0 saturated carbocycles. The van der Waals surface area contributed by atoms with Crippen LogP contribution >= 0.6 is 0 Å². The van der Waals surface area contributed by atoms with Gasteiger partial charge in [0.05, 0.1) is 12.7 Å². The van der Waals surface area contributed by atoms with E-state index in [9.17, 15) is 18.0 Å². The second-order valence-electron chi connectivity index (χ2n) is 5.06. The number of nitrogens with zero attached hydrogens (tertiary/aromatic N) is 1. The molecule has 2 N–H and O–H groups in total. The SMILES string of the molecule is CNC(=O)C1CCCN1S(=O)(=O)c1cc(C(=O)O)ccc1OC. The van der Waals surface area contributed by atoms with Crippen LogP contribution in [0.2, 0.25) is 0 Å². The average Bonchev–Trinajstić information content (AvgIpc) is 3.03. The van der Waals surface area contributed by atoms with Gasteiger partial charge in [0.15, 0.2) is 0 Å². The van der Waals surface area contributed by atoms with Crippen molar-refractivity contribution in [1.29, 1.82) is 0 Å². The molecule has 8 nitrogen and oxygen atoms in total. The summed E-state index contributed by atoms with van der Waals surface area (Å²) in [5.74, 6) is -1.59. The van der Waals surface area contributed by atoms with Crippen LogP contribution in [0.25, 0.3) is 0 Å². The van der Waals surface area contributed by atoms with Crippen molar-refractivity contribution in [2.45, 2.75) is 23.8 Å². The average molecular weight is 342 g/mol. The maximum absolute atomic E-state index is 12.9. The van der Waals surface area contributed by atoms with E-state index in [1.165, 1.54) is 26.3 Å². The van der Waals surface area contributed by atoms with E-state index < -0.39 is 22.0 Å². The standard InChI is InChI=1S/C14H18N2O6S/c1-15-13(17)10-4-3-7-16(10)23(20,21)12-8-9(14(18)19)5-6-11(12)22-2/h5-6,8,10H,3-4,7H2,1-2H3,(H,15,17)(H,18,19). The second-order valence-corrected chi connectivity index (χ2v) is 6.92. The van der Waals surface area contributed by atoms with Gasteiger partial charge in [0, 0.05) is 13.6 Å². The van der Waals surface area contributed by atoms with Crippen molar-refractivity contribution in [3.8, 4) is 5.75 Å². The zero-order valence-electron chi connectivity index (χ0n) is 12.8. The Hall–Kier alpha value is -2.13. The van der Waals surface area contributed by atoms with Crippen LogP contribution in [-0.4, -0.2) is 56.5 Å². The molecule has 0 spiro atoms. The minimum atomic E-state index is -4.06. The van der Waals surface area contributed by atoms with E-state index >= 15 is 0 Å². The second kappa shape index (κ2) is 6.55. The van der Waals surface area contributed by atoms with Crippen LogP contribution in [0.5, 0.6) is 5.75 Å². The molecule has 1 saturated heterocycles. The molecule has 1 fully saturated rings. The van der Waals surface area contributed by atoms with Crippen LogP contribution in [-0.2, 0) is 14.8 Å². The fourth-order valence-corrected chi connectivity index (χ4v) is 4.43. The molecule has 1 aliphatic rings. The van der Waals surface area contributed by atoms with Crippen LogP contribution in [0, 0.1) is 0 Å². The van der Waals surface area contributed by atoms with Crippen LogP contribution < -0.4 is 10.1 Å². The first-order valence-electron chi connectivity index (χ1n) is 6.97.